The lowest BCUT2D eigenvalue weighted by Gasteiger charge is -2.41. The lowest BCUT2D eigenvalue weighted by Crippen LogP contribution is -2.60. The monoisotopic (exact) mass is 404 g/mol. The molecule has 8 atom stereocenters. The van der Waals surface area contributed by atoms with Gasteiger partial charge in [0.25, 0.3) is 0 Å². The third-order valence-corrected chi connectivity index (χ3v) is 4.01. The number of hydrogen-bond acceptors (Lipinski definition) is 12. The summed E-state index contributed by atoms with van der Waals surface area (Å²) >= 11 is 3.92. The molecular formula is C14H28O11S. The van der Waals surface area contributed by atoms with Crippen LogP contribution in [0.4, 0.5) is 0 Å². The summed E-state index contributed by atoms with van der Waals surface area (Å²) in [7, 11) is 0. The van der Waals surface area contributed by atoms with Crippen LogP contribution in [0.3, 0.4) is 0 Å². The van der Waals surface area contributed by atoms with Crippen LogP contribution in [-0.2, 0) is 18.9 Å². The Balaban J connectivity index is 2.70. The SMILES string of the molecule is CC(OC1OC(CO)C(O)C(O)C1O)C(CO)OC(OCCS)C(O)O. The minimum Gasteiger partial charge on any atom is -0.394 e. The van der Waals surface area contributed by atoms with Gasteiger partial charge in [-0.15, -0.1) is 0 Å². The number of hydrogen-bond donors (Lipinski definition) is 8. The lowest BCUT2D eigenvalue weighted by atomic mass is 9.99. The normalized spacial score (nSPS) is 33.2. The number of aliphatic hydroxyl groups excluding tert-OH is 6. The van der Waals surface area contributed by atoms with Crippen LogP contribution in [0.5, 0.6) is 0 Å². The van der Waals surface area contributed by atoms with Crippen molar-refractivity contribution in [3.05, 3.63) is 0 Å². The van der Waals surface area contributed by atoms with Crippen LogP contribution in [0.25, 0.3) is 0 Å². The van der Waals surface area contributed by atoms with Crippen molar-refractivity contribution >= 4 is 12.6 Å². The molecule has 0 spiro atoms. The van der Waals surface area contributed by atoms with Gasteiger partial charge < -0.3 is 54.7 Å². The molecule has 0 aromatic carbocycles. The Morgan fingerprint density at radius 1 is 1.08 bits per heavy atom. The Morgan fingerprint density at radius 2 is 1.73 bits per heavy atom. The first-order valence-electron chi connectivity index (χ1n) is 8.07. The zero-order chi connectivity index (χ0) is 19.9. The van der Waals surface area contributed by atoms with Crippen LogP contribution in [0.2, 0.25) is 0 Å². The molecule has 1 aliphatic rings. The van der Waals surface area contributed by atoms with Gasteiger partial charge in [0, 0.05) is 5.75 Å². The molecule has 11 nitrogen and oxygen atoms in total. The average Bonchev–Trinajstić information content (AvgIpc) is 2.61. The maximum atomic E-state index is 9.95. The Morgan fingerprint density at radius 3 is 2.23 bits per heavy atom. The molecule has 26 heavy (non-hydrogen) atoms. The zero-order valence-corrected chi connectivity index (χ0v) is 15.1. The Bertz CT molecular complexity index is 386. The number of ether oxygens (including phenoxy) is 4. The van der Waals surface area contributed by atoms with Gasteiger partial charge in [0.15, 0.2) is 6.29 Å². The molecule has 1 aliphatic heterocycles. The maximum absolute atomic E-state index is 9.95. The van der Waals surface area contributed by atoms with E-state index in [0.717, 1.165) is 0 Å². The molecule has 1 saturated heterocycles. The van der Waals surface area contributed by atoms with Gasteiger partial charge in [-0.2, -0.15) is 12.6 Å². The molecule has 12 heteroatoms. The topological polar surface area (TPSA) is 179 Å². The molecule has 0 bridgehead atoms. The fraction of sp³-hybridized carbons (Fsp3) is 1.00. The van der Waals surface area contributed by atoms with E-state index in [1.807, 2.05) is 0 Å². The first-order chi connectivity index (χ1) is 12.3. The van der Waals surface area contributed by atoms with Crippen LogP contribution >= 0.6 is 12.6 Å². The Labute approximate surface area is 156 Å². The van der Waals surface area contributed by atoms with E-state index in [4.69, 9.17) is 24.1 Å². The third kappa shape index (κ3) is 6.51. The molecule has 1 fully saturated rings. The molecule has 0 aromatic heterocycles. The minimum absolute atomic E-state index is 0.0610. The van der Waals surface area contributed by atoms with Crippen LogP contribution in [0.15, 0.2) is 0 Å². The van der Waals surface area contributed by atoms with Gasteiger partial charge in [-0.25, -0.2) is 0 Å². The van der Waals surface area contributed by atoms with E-state index in [1.54, 1.807) is 0 Å². The molecule has 0 radical (unpaired) electrons. The van der Waals surface area contributed by atoms with Gasteiger partial charge >= 0.3 is 0 Å². The summed E-state index contributed by atoms with van der Waals surface area (Å²) in [5.74, 6) is 0.299. The summed E-state index contributed by atoms with van der Waals surface area (Å²) in [4.78, 5) is 0. The largest absolute Gasteiger partial charge is 0.394 e. The number of rotatable bonds is 11. The van der Waals surface area contributed by atoms with Crippen LogP contribution in [-0.4, -0.2) is 117 Å². The second kappa shape index (κ2) is 11.7. The van der Waals surface area contributed by atoms with Crippen molar-refractivity contribution in [3.8, 4) is 0 Å². The highest BCUT2D eigenvalue weighted by molar-refractivity contribution is 7.80. The number of thiol groups is 1. The molecule has 0 aromatic rings. The van der Waals surface area contributed by atoms with E-state index in [2.05, 4.69) is 12.6 Å². The highest BCUT2D eigenvalue weighted by Crippen LogP contribution is 2.24. The average molecular weight is 404 g/mol. The first-order valence-corrected chi connectivity index (χ1v) is 8.70. The second-order valence-corrected chi connectivity index (χ2v) is 6.22. The summed E-state index contributed by atoms with van der Waals surface area (Å²) in [6.45, 7) is 0.300. The van der Waals surface area contributed by atoms with E-state index in [1.165, 1.54) is 6.92 Å². The maximum Gasteiger partial charge on any atom is 0.209 e. The molecule has 8 unspecified atom stereocenters. The summed E-state index contributed by atoms with van der Waals surface area (Å²) in [5.41, 5.74) is 0. The summed E-state index contributed by atoms with van der Waals surface area (Å²) in [6.07, 6.45) is -12.8. The van der Waals surface area contributed by atoms with Gasteiger partial charge in [-0.1, -0.05) is 0 Å². The van der Waals surface area contributed by atoms with E-state index in [9.17, 15) is 30.6 Å². The third-order valence-electron chi connectivity index (χ3n) is 3.83. The van der Waals surface area contributed by atoms with Crippen molar-refractivity contribution in [2.45, 2.75) is 62.4 Å². The predicted octanol–water partition coefficient (Wildman–Crippen LogP) is -3.85. The van der Waals surface area contributed by atoms with Crippen molar-refractivity contribution in [1.29, 1.82) is 0 Å². The van der Waals surface area contributed by atoms with Crippen molar-refractivity contribution in [2.75, 3.05) is 25.6 Å². The molecular weight excluding hydrogens is 376 g/mol. The summed E-state index contributed by atoms with van der Waals surface area (Å²) in [5, 5.41) is 66.6. The minimum atomic E-state index is -1.98. The van der Waals surface area contributed by atoms with Crippen LogP contribution in [0, 0.1) is 0 Å². The van der Waals surface area contributed by atoms with Gasteiger partial charge in [0.2, 0.25) is 12.6 Å². The quantitative estimate of drug-likeness (QED) is 0.125. The molecule has 1 rings (SSSR count). The van der Waals surface area contributed by atoms with Gasteiger partial charge in [0.05, 0.1) is 25.9 Å². The highest BCUT2D eigenvalue weighted by Gasteiger charge is 2.45. The first kappa shape index (κ1) is 23.9. The van der Waals surface area contributed by atoms with E-state index in [0.29, 0.717) is 5.75 Å². The molecule has 0 amide bonds. The van der Waals surface area contributed by atoms with Crippen LogP contribution in [0.1, 0.15) is 6.92 Å². The zero-order valence-electron chi connectivity index (χ0n) is 14.2. The van der Waals surface area contributed by atoms with Crippen molar-refractivity contribution in [1.82, 2.24) is 0 Å². The van der Waals surface area contributed by atoms with Crippen molar-refractivity contribution < 1.29 is 54.7 Å². The highest BCUT2D eigenvalue weighted by atomic mass is 32.1. The fourth-order valence-corrected chi connectivity index (χ4v) is 2.42. The summed E-state index contributed by atoms with van der Waals surface area (Å²) < 4.78 is 21.0. The lowest BCUT2D eigenvalue weighted by molar-refractivity contribution is -0.329. The van der Waals surface area contributed by atoms with Gasteiger partial charge in [0.1, 0.15) is 30.5 Å². The Kier molecular flexibility index (Phi) is 10.8. The fourth-order valence-electron chi connectivity index (χ4n) is 2.32. The van der Waals surface area contributed by atoms with E-state index >= 15 is 0 Å². The standard InChI is InChI=1S/C14H28O11S/c1-6(7(4-15)24-14(12(20)21)22-2-3-26)23-13-11(19)10(18)9(17)8(5-16)25-13/h6-21,26H,2-5H2,1H3. The van der Waals surface area contributed by atoms with Crippen molar-refractivity contribution in [2.24, 2.45) is 0 Å². The van der Waals surface area contributed by atoms with E-state index in [-0.39, 0.29) is 6.61 Å². The Hall–Kier alpha value is -0.0900. The summed E-state index contributed by atoms with van der Waals surface area (Å²) in [6, 6.07) is 0. The van der Waals surface area contributed by atoms with E-state index < -0.39 is 68.7 Å². The molecule has 156 valence electrons. The van der Waals surface area contributed by atoms with Gasteiger partial charge in [-0.05, 0) is 6.92 Å². The predicted molar refractivity (Wildman–Crippen MR) is 88.1 cm³/mol. The number of aliphatic hydroxyl groups is 7. The second-order valence-electron chi connectivity index (χ2n) is 5.77. The smallest absolute Gasteiger partial charge is 0.209 e. The molecule has 0 aliphatic carbocycles. The van der Waals surface area contributed by atoms with Crippen molar-refractivity contribution in [3.63, 3.8) is 0 Å². The van der Waals surface area contributed by atoms with Crippen LogP contribution < -0.4 is 0 Å². The molecule has 7 N–H and O–H groups in total. The molecule has 0 saturated carbocycles. The van der Waals surface area contributed by atoms with Gasteiger partial charge in [-0.3, -0.25) is 0 Å². The molecule has 1 heterocycles.